The predicted molar refractivity (Wildman–Crippen MR) is 136 cm³/mol. The smallest absolute Gasteiger partial charge is 0.408 e. The van der Waals surface area contributed by atoms with E-state index in [2.05, 4.69) is 45.5 Å². The van der Waals surface area contributed by atoms with Crippen molar-refractivity contribution in [3.63, 3.8) is 0 Å². The molecule has 4 rings (SSSR count). The van der Waals surface area contributed by atoms with Gasteiger partial charge in [0.2, 0.25) is 5.95 Å². The first-order valence-electron chi connectivity index (χ1n) is 12.0. The Morgan fingerprint density at radius 2 is 1.83 bits per heavy atom. The summed E-state index contributed by atoms with van der Waals surface area (Å²) in [5, 5.41) is 15.6. The number of rotatable bonds is 6. The molecule has 3 aromatic rings. The van der Waals surface area contributed by atoms with Crippen LogP contribution in [0.2, 0.25) is 0 Å². The van der Waals surface area contributed by atoms with Gasteiger partial charge in [0.15, 0.2) is 6.29 Å². The lowest BCUT2D eigenvalue weighted by Gasteiger charge is -2.37. The van der Waals surface area contributed by atoms with Crippen molar-refractivity contribution in [3.8, 4) is 11.3 Å². The van der Waals surface area contributed by atoms with Crippen molar-refractivity contribution in [1.29, 1.82) is 0 Å². The number of carbonyl (C=O) groups excluding carboxylic acids is 1. The van der Waals surface area contributed by atoms with E-state index in [9.17, 15) is 9.90 Å². The zero-order chi connectivity index (χ0) is 25.0. The maximum absolute atomic E-state index is 12.3. The third-order valence-electron chi connectivity index (χ3n) is 6.25. The number of aliphatic hydroxyl groups is 1. The molecule has 1 saturated heterocycles. The first-order chi connectivity index (χ1) is 16.7. The van der Waals surface area contributed by atoms with Gasteiger partial charge in [0.1, 0.15) is 5.60 Å². The summed E-state index contributed by atoms with van der Waals surface area (Å²) in [5.41, 5.74) is 1.30. The zero-order valence-corrected chi connectivity index (χ0v) is 20.8. The molecule has 0 radical (unpaired) electrons. The number of nitrogens with zero attached hydrogens (tertiary/aromatic N) is 3. The van der Waals surface area contributed by atoms with E-state index >= 15 is 0 Å². The summed E-state index contributed by atoms with van der Waals surface area (Å²) in [6, 6.07) is 16.0. The molecule has 1 unspecified atom stereocenters. The average Bonchev–Trinajstić information content (AvgIpc) is 2.85. The van der Waals surface area contributed by atoms with Gasteiger partial charge in [0, 0.05) is 32.0 Å². The molecule has 2 heterocycles. The SMILES string of the molecule is COC(O)[C@H](NC(=O)OC(C)(C)C)C1CCN(c2nccc(-c3ccc4ccccc4c3)n2)CC1. The van der Waals surface area contributed by atoms with Gasteiger partial charge in [0.05, 0.1) is 11.7 Å². The Bertz CT molecular complexity index is 1160. The van der Waals surface area contributed by atoms with Crippen LogP contribution in [0.4, 0.5) is 10.7 Å². The summed E-state index contributed by atoms with van der Waals surface area (Å²) < 4.78 is 10.5. The number of nitrogens with one attached hydrogen (secondary N) is 1. The molecule has 1 aliphatic rings. The lowest BCUT2D eigenvalue weighted by atomic mass is 9.89. The maximum Gasteiger partial charge on any atom is 0.408 e. The number of fused-ring (bicyclic) bond motifs is 1. The topological polar surface area (TPSA) is 96.8 Å². The standard InChI is InChI=1S/C27H34N4O4/c1-27(2,3)35-26(33)30-23(24(32)34-4)19-12-15-31(16-13-19)25-28-14-11-22(29-25)21-10-9-18-7-5-6-8-20(18)17-21/h5-11,14,17,19,23-24,32H,12-13,15-16H2,1-4H3,(H,30,33)/t23-,24?/m1/s1. The van der Waals surface area contributed by atoms with Gasteiger partial charge in [-0.05, 0) is 62.4 Å². The third kappa shape index (κ3) is 6.26. The molecule has 8 heteroatoms. The number of ether oxygens (including phenoxy) is 2. The number of benzene rings is 2. The van der Waals surface area contributed by atoms with Crippen LogP contribution in [0.5, 0.6) is 0 Å². The average molecular weight is 479 g/mol. The van der Waals surface area contributed by atoms with Crippen molar-refractivity contribution in [2.75, 3.05) is 25.1 Å². The molecule has 1 aromatic heterocycles. The molecule has 2 atom stereocenters. The minimum Gasteiger partial charge on any atom is -0.444 e. The van der Waals surface area contributed by atoms with Crippen molar-refractivity contribution in [3.05, 3.63) is 54.7 Å². The van der Waals surface area contributed by atoms with Gasteiger partial charge in [-0.15, -0.1) is 0 Å². The van der Waals surface area contributed by atoms with Crippen LogP contribution in [0.1, 0.15) is 33.6 Å². The van der Waals surface area contributed by atoms with Gasteiger partial charge in [-0.25, -0.2) is 14.8 Å². The van der Waals surface area contributed by atoms with Gasteiger partial charge >= 0.3 is 6.09 Å². The fourth-order valence-corrected chi connectivity index (χ4v) is 4.48. The highest BCUT2D eigenvalue weighted by Crippen LogP contribution is 2.28. The summed E-state index contributed by atoms with van der Waals surface area (Å²) in [7, 11) is 1.43. The van der Waals surface area contributed by atoms with Crippen LogP contribution in [0.25, 0.3) is 22.0 Å². The molecule has 0 bridgehead atoms. The third-order valence-corrected chi connectivity index (χ3v) is 6.25. The molecular weight excluding hydrogens is 444 g/mol. The minimum absolute atomic E-state index is 0.0254. The van der Waals surface area contributed by atoms with Crippen LogP contribution >= 0.6 is 0 Å². The van der Waals surface area contributed by atoms with E-state index < -0.39 is 24.0 Å². The second-order valence-electron chi connectivity index (χ2n) is 9.93. The molecule has 1 fully saturated rings. The quantitative estimate of drug-likeness (QED) is 0.508. The molecule has 2 N–H and O–H groups in total. The van der Waals surface area contributed by atoms with E-state index in [1.165, 1.54) is 17.9 Å². The number of alkyl carbamates (subject to hydrolysis) is 1. The van der Waals surface area contributed by atoms with Crippen molar-refractivity contribution >= 4 is 22.8 Å². The summed E-state index contributed by atoms with van der Waals surface area (Å²) in [4.78, 5) is 23.8. The summed E-state index contributed by atoms with van der Waals surface area (Å²) >= 11 is 0. The number of methoxy groups -OCH3 is 1. The van der Waals surface area contributed by atoms with Crippen LogP contribution < -0.4 is 10.2 Å². The highest BCUT2D eigenvalue weighted by atomic mass is 16.6. The van der Waals surface area contributed by atoms with E-state index in [0.29, 0.717) is 19.0 Å². The summed E-state index contributed by atoms with van der Waals surface area (Å²) in [6.07, 6.45) is 1.59. The number of aliphatic hydroxyl groups excluding tert-OH is 1. The van der Waals surface area contributed by atoms with E-state index in [0.717, 1.165) is 24.1 Å². The fourth-order valence-electron chi connectivity index (χ4n) is 4.48. The number of hydrogen-bond acceptors (Lipinski definition) is 7. The summed E-state index contributed by atoms with van der Waals surface area (Å²) in [5.74, 6) is 0.704. The zero-order valence-electron chi connectivity index (χ0n) is 20.8. The Kier molecular flexibility index (Phi) is 7.52. The molecule has 0 saturated carbocycles. The van der Waals surface area contributed by atoms with Gasteiger partial charge < -0.3 is 24.8 Å². The Hall–Kier alpha value is -3.23. The molecule has 2 aromatic carbocycles. The van der Waals surface area contributed by atoms with Gasteiger partial charge in [-0.2, -0.15) is 0 Å². The van der Waals surface area contributed by atoms with Crippen LogP contribution in [-0.4, -0.2) is 59.3 Å². The lowest BCUT2D eigenvalue weighted by Crippen LogP contribution is -2.53. The Labute approximate surface area is 206 Å². The van der Waals surface area contributed by atoms with Crippen LogP contribution in [0.15, 0.2) is 54.7 Å². The lowest BCUT2D eigenvalue weighted by molar-refractivity contribution is -0.110. The molecule has 186 valence electrons. The highest BCUT2D eigenvalue weighted by molar-refractivity contribution is 5.86. The molecule has 1 aliphatic heterocycles. The van der Waals surface area contributed by atoms with E-state index in [1.807, 2.05) is 18.2 Å². The van der Waals surface area contributed by atoms with Gasteiger partial charge in [-0.1, -0.05) is 36.4 Å². The van der Waals surface area contributed by atoms with E-state index in [-0.39, 0.29) is 5.92 Å². The summed E-state index contributed by atoms with van der Waals surface area (Å²) in [6.45, 7) is 6.82. The normalized spacial score (nSPS) is 16.7. The van der Waals surface area contributed by atoms with E-state index in [4.69, 9.17) is 14.5 Å². The van der Waals surface area contributed by atoms with Crippen molar-refractivity contribution in [1.82, 2.24) is 15.3 Å². The Morgan fingerprint density at radius 1 is 1.11 bits per heavy atom. The first-order valence-corrected chi connectivity index (χ1v) is 12.0. The maximum atomic E-state index is 12.3. The van der Waals surface area contributed by atoms with Crippen molar-refractivity contribution in [2.45, 2.75) is 51.5 Å². The number of piperidine rings is 1. The minimum atomic E-state index is -1.12. The van der Waals surface area contributed by atoms with Gasteiger partial charge in [-0.3, -0.25) is 0 Å². The monoisotopic (exact) mass is 478 g/mol. The number of aromatic nitrogens is 2. The number of carbonyl (C=O) groups is 1. The second-order valence-corrected chi connectivity index (χ2v) is 9.93. The van der Waals surface area contributed by atoms with Gasteiger partial charge in [0.25, 0.3) is 0 Å². The molecular formula is C27H34N4O4. The second kappa shape index (κ2) is 10.6. The predicted octanol–water partition coefficient (Wildman–Crippen LogP) is 4.37. The van der Waals surface area contributed by atoms with Crippen LogP contribution in [-0.2, 0) is 9.47 Å². The largest absolute Gasteiger partial charge is 0.444 e. The Balaban J connectivity index is 1.44. The first kappa shape index (κ1) is 24.9. The van der Waals surface area contributed by atoms with Crippen molar-refractivity contribution < 1.29 is 19.4 Å². The number of anilines is 1. The van der Waals surface area contributed by atoms with Crippen LogP contribution in [0.3, 0.4) is 0 Å². The Morgan fingerprint density at radius 3 is 2.51 bits per heavy atom. The van der Waals surface area contributed by atoms with Crippen LogP contribution in [0, 0.1) is 5.92 Å². The molecule has 35 heavy (non-hydrogen) atoms. The molecule has 8 nitrogen and oxygen atoms in total. The fraction of sp³-hybridized carbons (Fsp3) is 0.444. The van der Waals surface area contributed by atoms with Crippen molar-refractivity contribution in [2.24, 2.45) is 5.92 Å². The molecule has 0 aliphatic carbocycles. The number of hydrogen-bond donors (Lipinski definition) is 2. The van der Waals surface area contributed by atoms with E-state index in [1.54, 1.807) is 27.0 Å². The highest BCUT2D eigenvalue weighted by Gasteiger charge is 2.34. The molecule has 0 spiro atoms. The number of amides is 1. The molecule has 1 amide bonds.